The molecule has 4 aromatic rings. The lowest BCUT2D eigenvalue weighted by atomic mass is 10.0. The zero-order chi connectivity index (χ0) is 30.6. The Balaban J connectivity index is 0.00000529. The highest BCUT2D eigenvalue weighted by Crippen LogP contribution is 2.28. The summed E-state index contributed by atoms with van der Waals surface area (Å²) < 4.78 is 15.9. The van der Waals surface area contributed by atoms with E-state index in [0.717, 1.165) is 65.1 Å². The number of nitriles is 2. The van der Waals surface area contributed by atoms with Gasteiger partial charge in [0.25, 0.3) is 0 Å². The molecular formula is C37H39FIN5. The quantitative estimate of drug-likeness (QED) is 0.112. The van der Waals surface area contributed by atoms with E-state index < -0.39 is 0 Å². The third-order valence-electron chi connectivity index (χ3n) is 7.75. The van der Waals surface area contributed by atoms with Crippen molar-refractivity contribution in [3.05, 3.63) is 102 Å². The summed E-state index contributed by atoms with van der Waals surface area (Å²) >= 11 is 0. The lowest BCUT2D eigenvalue weighted by molar-refractivity contribution is -0.662. The third kappa shape index (κ3) is 9.39. The van der Waals surface area contributed by atoms with E-state index in [1.807, 2.05) is 26.2 Å². The number of anilines is 2. The molecule has 0 unspecified atom stereocenters. The monoisotopic (exact) mass is 699 g/mol. The fraction of sp³-hybridized carbons (Fsp3) is 0.270. The van der Waals surface area contributed by atoms with Crippen molar-refractivity contribution in [2.75, 3.05) is 37.0 Å². The van der Waals surface area contributed by atoms with E-state index in [2.05, 4.69) is 106 Å². The van der Waals surface area contributed by atoms with Crippen molar-refractivity contribution < 1.29 is 32.9 Å². The molecule has 0 saturated carbocycles. The van der Waals surface area contributed by atoms with Crippen LogP contribution in [-0.4, -0.2) is 27.2 Å². The predicted octanol–water partition coefficient (Wildman–Crippen LogP) is 5.03. The Morgan fingerprint density at radius 1 is 0.682 bits per heavy atom. The lowest BCUT2D eigenvalue weighted by Gasteiger charge is -2.19. The first-order valence-corrected chi connectivity index (χ1v) is 14.7. The van der Waals surface area contributed by atoms with E-state index in [4.69, 9.17) is 10.5 Å². The molecule has 0 spiro atoms. The third-order valence-corrected chi connectivity index (χ3v) is 7.75. The van der Waals surface area contributed by atoms with Gasteiger partial charge in [0, 0.05) is 68.8 Å². The topological polar surface area (TPSA) is 57.9 Å². The minimum atomic E-state index is -0.258. The Morgan fingerprint density at radius 3 is 1.91 bits per heavy atom. The molecule has 0 radical (unpaired) electrons. The fourth-order valence-corrected chi connectivity index (χ4v) is 5.04. The summed E-state index contributed by atoms with van der Waals surface area (Å²) in [6, 6.07) is 32.3. The molecule has 1 heterocycles. The first-order valence-electron chi connectivity index (χ1n) is 14.7. The van der Waals surface area contributed by atoms with Gasteiger partial charge in [-0.05, 0) is 84.1 Å². The molecule has 0 atom stereocenters. The molecule has 5 nitrogen and oxygen atoms in total. The number of aromatic nitrogens is 1. The Hall–Kier alpha value is -4.21. The van der Waals surface area contributed by atoms with Crippen LogP contribution in [-0.2, 0) is 7.05 Å². The van der Waals surface area contributed by atoms with Crippen LogP contribution >= 0.6 is 0 Å². The van der Waals surface area contributed by atoms with Gasteiger partial charge >= 0.3 is 0 Å². The van der Waals surface area contributed by atoms with Crippen molar-refractivity contribution in [3.63, 3.8) is 0 Å². The lowest BCUT2D eigenvalue weighted by Crippen LogP contribution is -3.00. The van der Waals surface area contributed by atoms with Gasteiger partial charge in [-0.25, -0.2) is 4.39 Å². The first-order chi connectivity index (χ1) is 20.9. The molecule has 0 fully saturated rings. The van der Waals surface area contributed by atoms with E-state index in [1.165, 1.54) is 17.8 Å². The van der Waals surface area contributed by atoms with Crippen LogP contribution in [0.5, 0.6) is 0 Å². The maximum atomic E-state index is 13.7. The normalized spacial score (nSPS) is 10.6. The number of halogens is 2. The zero-order valence-corrected chi connectivity index (χ0v) is 27.8. The van der Waals surface area contributed by atoms with E-state index in [0.29, 0.717) is 19.4 Å². The molecule has 44 heavy (non-hydrogen) atoms. The molecule has 1 aromatic heterocycles. The minimum absolute atomic E-state index is 0. The van der Waals surface area contributed by atoms with E-state index in [-0.39, 0.29) is 29.8 Å². The standard InChI is InChI=1S/C37H39FN5.HI/c1-41(25-7-5-4-6-23-39)34-18-9-29(10-19-34)11-20-36-27-32(28-37(43(36)3)31-12-16-33(38)17-13-31)30-14-21-35(22-15-30)42(2)26-8-24-40;/h9-22,27-28H,4-8,25-26H2,1-3H3;1H/q+1;/p-1. The Morgan fingerprint density at radius 2 is 1.27 bits per heavy atom. The fourth-order valence-electron chi connectivity index (χ4n) is 5.04. The second kappa shape index (κ2) is 17.2. The molecule has 0 N–H and O–H groups in total. The SMILES string of the molecule is CN(CCC#N)c1ccc(-c2cc(C=Cc3ccc(N(C)CCCCCC#N)cc3)[n+](C)c(-c3ccc(F)cc3)c2)cc1.[I-]. The highest BCUT2D eigenvalue weighted by Gasteiger charge is 2.17. The van der Waals surface area contributed by atoms with Crippen LogP contribution in [0.15, 0.2) is 84.9 Å². The van der Waals surface area contributed by atoms with Crippen LogP contribution in [0.2, 0.25) is 0 Å². The van der Waals surface area contributed by atoms with Gasteiger partial charge in [-0.3, -0.25) is 0 Å². The van der Waals surface area contributed by atoms with Crippen molar-refractivity contribution in [1.29, 1.82) is 10.5 Å². The van der Waals surface area contributed by atoms with Gasteiger partial charge in [0.1, 0.15) is 12.9 Å². The van der Waals surface area contributed by atoms with E-state index in [9.17, 15) is 4.39 Å². The van der Waals surface area contributed by atoms with E-state index in [1.54, 1.807) is 0 Å². The summed E-state index contributed by atoms with van der Waals surface area (Å²) in [6.07, 6.45) is 8.45. The minimum Gasteiger partial charge on any atom is -1.00 e. The maximum Gasteiger partial charge on any atom is 0.213 e. The van der Waals surface area contributed by atoms with Gasteiger partial charge < -0.3 is 33.8 Å². The van der Waals surface area contributed by atoms with Crippen molar-refractivity contribution in [1.82, 2.24) is 0 Å². The molecule has 3 aromatic carbocycles. The van der Waals surface area contributed by atoms with Crippen LogP contribution in [0.25, 0.3) is 34.5 Å². The number of pyridine rings is 1. The van der Waals surface area contributed by atoms with E-state index >= 15 is 0 Å². The number of benzene rings is 3. The van der Waals surface area contributed by atoms with Gasteiger partial charge in [0.05, 0.1) is 18.6 Å². The highest BCUT2D eigenvalue weighted by atomic mass is 127. The van der Waals surface area contributed by atoms with Gasteiger partial charge in [0.15, 0.2) is 0 Å². The zero-order valence-electron chi connectivity index (χ0n) is 25.7. The van der Waals surface area contributed by atoms with Crippen molar-refractivity contribution in [2.24, 2.45) is 7.05 Å². The average molecular weight is 700 g/mol. The molecule has 0 saturated heterocycles. The number of hydrogen-bond donors (Lipinski definition) is 0. The van der Waals surface area contributed by atoms with Gasteiger partial charge in [-0.15, -0.1) is 0 Å². The van der Waals surface area contributed by atoms with Gasteiger partial charge in [-0.1, -0.05) is 30.7 Å². The molecule has 0 aliphatic rings. The van der Waals surface area contributed by atoms with Crippen LogP contribution in [0, 0.1) is 28.5 Å². The molecule has 0 aliphatic carbocycles. The predicted molar refractivity (Wildman–Crippen MR) is 175 cm³/mol. The molecular weight excluding hydrogens is 660 g/mol. The van der Waals surface area contributed by atoms with Gasteiger partial charge in [-0.2, -0.15) is 15.1 Å². The Bertz CT molecular complexity index is 1600. The molecule has 0 bridgehead atoms. The van der Waals surface area contributed by atoms with Crippen molar-refractivity contribution >= 4 is 23.5 Å². The van der Waals surface area contributed by atoms with Crippen molar-refractivity contribution in [2.45, 2.75) is 32.1 Å². The average Bonchev–Trinajstić information content (AvgIpc) is 3.03. The molecule has 7 heteroatoms. The molecule has 0 aliphatic heterocycles. The summed E-state index contributed by atoms with van der Waals surface area (Å²) in [5.74, 6) is -0.258. The number of unbranched alkanes of at least 4 members (excludes halogenated alkanes) is 3. The second-order valence-corrected chi connectivity index (χ2v) is 10.8. The second-order valence-electron chi connectivity index (χ2n) is 10.8. The van der Waals surface area contributed by atoms with Crippen LogP contribution in [0.1, 0.15) is 43.4 Å². The molecule has 226 valence electrons. The summed E-state index contributed by atoms with van der Waals surface area (Å²) in [7, 11) is 6.13. The highest BCUT2D eigenvalue weighted by molar-refractivity contribution is 5.75. The van der Waals surface area contributed by atoms with Crippen LogP contribution in [0.4, 0.5) is 15.8 Å². The summed E-state index contributed by atoms with van der Waals surface area (Å²) in [5.41, 5.74) is 8.42. The first kappa shape index (κ1) is 34.3. The number of nitrogens with zero attached hydrogens (tertiary/aromatic N) is 5. The maximum absolute atomic E-state index is 13.7. The summed E-state index contributed by atoms with van der Waals surface area (Å²) in [6.45, 7) is 1.65. The summed E-state index contributed by atoms with van der Waals surface area (Å²) in [4.78, 5) is 4.33. The number of hydrogen-bond acceptors (Lipinski definition) is 4. The number of rotatable bonds is 13. The van der Waals surface area contributed by atoms with Gasteiger partial charge in [0.2, 0.25) is 11.4 Å². The summed E-state index contributed by atoms with van der Waals surface area (Å²) in [5, 5.41) is 17.6. The Kier molecular flexibility index (Phi) is 13.4. The largest absolute Gasteiger partial charge is 1.00 e. The van der Waals surface area contributed by atoms with Crippen LogP contribution in [0.3, 0.4) is 0 Å². The molecule has 0 amide bonds. The van der Waals surface area contributed by atoms with Crippen molar-refractivity contribution in [3.8, 4) is 34.5 Å². The smallest absolute Gasteiger partial charge is 0.213 e. The Labute approximate surface area is 278 Å². The van der Waals surface area contributed by atoms with Crippen LogP contribution < -0.4 is 38.3 Å². The molecule has 4 rings (SSSR count).